The van der Waals surface area contributed by atoms with Crippen LogP contribution in [0.25, 0.3) is 0 Å². The molecule has 0 aromatic heterocycles. The van der Waals surface area contributed by atoms with Gasteiger partial charge in [0.05, 0.1) is 6.10 Å². The molecule has 1 nitrogen and oxygen atoms in total. The number of allylic oxidation sites excluding steroid dienone is 3. The summed E-state index contributed by atoms with van der Waals surface area (Å²) in [6.45, 7) is 4.40. The molecule has 0 spiro atoms. The molecule has 0 aliphatic rings. The molecule has 0 aromatic rings. The van der Waals surface area contributed by atoms with Crippen molar-refractivity contribution in [3.63, 3.8) is 0 Å². The third kappa shape index (κ3) is 16.9. The Bertz CT molecular complexity index is 316. The quantitative estimate of drug-likeness (QED) is 0.274. The standard InChI is InChI=1S/C20H34O/c1-3-5-7-8-9-10-11-12-13-14-15-17-19-20(21)18-16-6-4-2/h8-9,17,19-21H,3-7,10-13,16,18H2,1-2H3/b9-8+,19-17+. The lowest BCUT2D eigenvalue weighted by molar-refractivity contribution is 0.208. The largest absolute Gasteiger partial charge is 0.389 e. The van der Waals surface area contributed by atoms with Crippen LogP contribution in [0.5, 0.6) is 0 Å². The fourth-order valence-corrected chi connectivity index (χ4v) is 2.02. The topological polar surface area (TPSA) is 20.2 Å². The fraction of sp³-hybridized carbons (Fsp3) is 0.700. The van der Waals surface area contributed by atoms with E-state index in [1.54, 1.807) is 6.08 Å². The molecule has 0 bridgehead atoms. The molecule has 21 heavy (non-hydrogen) atoms. The molecule has 0 aromatic carbocycles. The highest BCUT2D eigenvalue weighted by Gasteiger charge is 1.96. The number of unbranched alkanes of at least 4 members (excludes halogenated alkanes) is 7. The SMILES string of the molecule is CCCC/C=C/CCCCC#C/C=C/C(O)CCCCC. The Morgan fingerprint density at radius 1 is 0.905 bits per heavy atom. The van der Waals surface area contributed by atoms with Crippen LogP contribution >= 0.6 is 0 Å². The van der Waals surface area contributed by atoms with Gasteiger partial charge in [0, 0.05) is 6.42 Å². The molecule has 0 saturated carbocycles. The van der Waals surface area contributed by atoms with Crippen LogP contribution in [0, 0.1) is 11.8 Å². The predicted molar refractivity (Wildman–Crippen MR) is 94.2 cm³/mol. The third-order valence-electron chi connectivity index (χ3n) is 3.42. The third-order valence-corrected chi connectivity index (χ3v) is 3.42. The highest BCUT2D eigenvalue weighted by molar-refractivity contribution is 5.16. The summed E-state index contributed by atoms with van der Waals surface area (Å²) >= 11 is 0. The highest BCUT2D eigenvalue weighted by atomic mass is 16.3. The van der Waals surface area contributed by atoms with Gasteiger partial charge in [-0.15, -0.1) is 0 Å². The first-order valence-corrected chi connectivity index (χ1v) is 8.79. The van der Waals surface area contributed by atoms with Crippen LogP contribution in [-0.4, -0.2) is 11.2 Å². The van der Waals surface area contributed by atoms with Gasteiger partial charge in [0.25, 0.3) is 0 Å². The van der Waals surface area contributed by atoms with Crippen molar-refractivity contribution >= 4 is 0 Å². The molecule has 0 rings (SSSR count). The molecular weight excluding hydrogens is 256 g/mol. The summed E-state index contributed by atoms with van der Waals surface area (Å²) in [5.74, 6) is 6.16. The lowest BCUT2D eigenvalue weighted by Gasteiger charge is -2.02. The molecular formula is C20H34O. The van der Waals surface area contributed by atoms with E-state index in [1.807, 2.05) is 6.08 Å². The molecule has 0 radical (unpaired) electrons. The molecule has 1 atom stereocenters. The molecule has 1 N–H and O–H groups in total. The first-order chi connectivity index (χ1) is 10.3. The molecule has 0 aliphatic carbocycles. The number of hydrogen-bond acceptors (Lipinski definition) is 1. The lowest BCUT2D eigenvalue weighted by Crippen LogP contribution is -2.00. The van der Waals surface area contributed by atoms with E-state index in [0.717, 1.165) is 25.7 Å². The van der Waals surface area contributed by atoms with Crippen LogP contribution in [0.3, 0.4) is 0 Å². The number of rotatable bonds is 12. The minimum absolute atomic E-state index is 0.320. The minimum atomic E-state index is -0.320. The van der Waals surface area contributed by atoms with Crippen molar-refractivity contribution in [3.05, 3.63) is 24.3 Å². The summed E-state index contributed by atoms with van der Waals surface area (Å²) < 4.78 is 0. The van der Waals surface area contributed by atoms with Gasteiger partial charge in [0.15, 0.2) is 0 Å². The zero-order chi connectivity index (χ0) is 15.6. The van der Waals surface area contributed by atoms with Crippen LogP contribution in [-0.2, 0) is 0 Å². The van der Waals surface area contributed by atoms with E-state index in [9.17, 15) is 5.11 Å². The smallest absolute Gasteiger partial charge is 0.0730 e. The molecule has 0 saturated heterocycles. The molecule has 0 heterocycles. The summed E-state index contributed by atoms with van der Waals surface area (Å²) in [5, 5.41) is 9.67. The van der Waals surface area contributed by atoms with Gasteiger partial charge >= 0.3 is 0 Å². The molecule has 0 aliphatic heterocycles. The van der Waals surface area contributed by atoms with Crippen molar-refractivity contribution in [3.8, 4) is 11.8 Å². The Balaban J connectivity index is 3.46. The Kier molecular flexibility index (Phi) is 16.2. The van der Waals surface area contributed by atoms with Crippen LogP contribution in [0.2, 0.25) is 0 Å². The van der Waals surface area contributed by atoms with Crippen molar-refractivity contribution in [2.45, 2.75) is 90.6 Å². The molecule has 0 fully saturated rings. The van der Waals surface area contributed by atoms with Crippen LogP contribution in [0.15, 0.2) is 24.3 Å². The van der Waals surface area contributed by atoms with E-state index in [4.69, 9.17) is 0 Å². The van der Waals surface area contributed by atoms with Crippen molar-refractivity contribution < 1.29 is 5.11 Å². The maximum Gasteiger partial charge on any atom is 0.0730 e. The van der Waals surface area contributed by atoms with Crippen LogP contribution < -0.4 is 0 Å². The fourth-order valence-electron chi connectivity index (χ4n) is 2.02. The van der Waals surface area contributed by atoms with E-state index in [2.05, 4.69) is 37.8 Å². The number of aliphatic hydroxyl groups excluding tert-OH is 1. The van der Waals surface area contributed by atoms with Gasteiger partial charge in [0.2, 0.25) is 0 Å². The Labute approximate surface area is 132 Å². The van der Waals surface area contributed by atoms with Gasteiger partial charge in [0.1, 0.15) is 0 Å². The highest BCUT2D eigenvalue weighted by Crippen LogP contribution is 2.04. The average Bonchev–Trinajstić information content (AvgIpc) is 2.48. The van der Waals surface area contributed by atoms with Crippen LogP contribution in [0.4, 0.5) is 0 Å². The van der Waals surface area contributed by atoms with Crippen molar-refractivity contribution in [2.75, 3.05) is 0 Å². The van der Waals surface area contributed by atoms with Gasteiger partial charge in [-0.3, -0.25) is 0 Å². The van der Waals surface area contributed by atoms with Crippen molar-refractivity contribution in [2.24, 2.45) is 0 Å². The predicted octanol–water partition coefficient (Wildman–Crippen LogP) is 5.79. The first-order valence-electron chi connectivity index (χ1n) is 8.79. The van der Waals surface area contributed by atoms with Crippen molar-refractivity contribution in [1.82, 2.24) is 0 Å². The second kappa shape index (κ2) is 17.1. The van der Waals surface area contributed by atoms with Crippen molar-refractivity contribution in [1.29, 1.82) is 0 Å². The summed E-state index contributed by atoms with van der Waals surface area (Å²) in [5.41, 5.74) is 0. The van der Waals surface area contributed by atoms with Gasteiger partial charge in [-0.25, -0.2) is 0 Å². The maximum absolute atomic E-state index is 9.67. The molecule has 1 unspecified atom stereocenters. The average molecular weight is 290 g/mol. The zero-order valence-electron chi connectivity index (χ0n) is 14.1. The summed E-state index contributed by atoms with van der Waals surface area (Å²) in [6, 6.07) is 0. The molecule has 120 valence electrons. The van der Waals surface area contributed by atoms with Crippen LogP contribution in [0.1, 0.15) is 84.5 Å². The summed E-state index contributed by atoms with van der Waals surface area (Å²) in [4.78, 5) is 0. The van der Waals surface area contributed by atoms with Gasteiger partial charge < -0.3 is 5.11 Å². The molecule has 1 heteroatoms. The second-order valence-corrected chi connectivity index (χ2v) is 5.60. The van der Waals surface area contributed by atoms with E-state index in [-0.39, 0.29) is 6.10 Å². The minimum Gasteiger partial charge on any atom is -0.389 e. The van der Waals surface area contributed by atoms with Gasteiger partial charge in [-0.05, 0) is 44.3 Å². The number of hydrogen-bond donors (Lipinski definition) is 1. The van der Waals surface area contributed by atoms with Gasteiger partial charge in [-0.1, -0.05) is 69.9 Å². The summed E-state index contributed by atoms with van der Waals surface area (Å²) in [7, 11) is 0. The van der Waals surface area contributed by atoms with E-state index < -0.39 is 0 Å². The first kappa shape index (κ1) is 20.0. The second-order valence-electron chi connectivity index (χ2n) is 5.60. The monoisotopic (exact) mass is 290 g/mol. The number of aliphatic hydroxyl groups is 1. The van der Waals surface area contributed by atoms with E-state index in [0.29, 0.717) is 0 Å². The Morgan fingerprint density at radius 2 is 1.62 bits per heavy atom. The maximum atomic E-state index is 9.67. The normalized spacial score (nSPS) is 12.7. The van der Waals surface area contributed by atoms with E-state index >= 15 is 0 Å². The Hall–Kier alpha value is -1.00. The zero-order valence-corrected chi connectivity index (χ0v) is 14.1. The lowest BCUT2D eigenvalue weighted by atomic mass is 10.1. The molecule has 0 amide bonds. The van der Waals surface area contributed by atoms with Gasteiger partial charge in [-0.2, -0.15) is 0 Å². The van der Waals surface area contributed by atoms with E-state index in [1.165, 1.54) is 44.9 Å². The summed E-state index contributed by atoms with van der Waals surface area (Å²) in [6.07, 6.45) is 20.6. The Morgan fingerprint density at radius 3 is 2.33 bits per heavy atom.